The van der Waals surface area contributed by atoms with Crippen LogP contribution in [-0.2, 0) is 6.54 Å². The van der Waals surface area contributed by atoms with Crippen LogP contribution < -0.4 is 5.73 Å². The summed E-state index contributed by atoms with van der Waals surface area (Å²) < 4.78 is 0. The normalized spacial score (nSPS) is 10.5. The van der Waals surface area contributed by atoms with E-state index < -0.39 is 0 Å². The monoisotopic (exact) mass is 314 g/mol. The van der Waals surface area contributed by atoms with E-state index in [-0.39, 0.29) is 5.91 Å². The number of hydrogen-bond donors (Lipinski definition) is 1. The molecule has 2 aromatic rings. The number of hydrogen-bond acceptors (Lipinski definition) is 3. The van der Waals surface area contributed by atoms with Gasteiger partial charge in [-0.3, -0.25) is 4.79 Å². The van der Waals surface area contributed by atoms with E-state index in [1.165, 1.54) is 11.3 Å². The Morgan fingerprint density at radius 2 is 1.95 bits per heavy atom. The quantitative estimate of drug-likeness (QED) is 0.933. The number of anilines is 1. The highest BCUT2D eigenvalue weighted by Gasteiger charge is 2.16. The molecule has 2 rings (SSSR count). The SMILES string of the molecule is CN(Cc1cc(Cl)cc(Cl)c1)C(=O)c1sccc1N. The van der Waals surface area contributed by atoms with Crippen LogP contribution in [0, 0.1) is 0 Å². The van der Waals surface area contributed by atoms with Crippen molar-refractivity contribution >= 4 is 46.1 Å². The van der Waals surface area contributed by atoms with E-state index in [1.54, 1.807) is 41.6 Å². The van der Waals surface area contributed by atoms with Crippen molar-refractivity contribution in [3.05, 3.63) is 50.1 Å². The van der Waals surface area contributed by atoms with Crippen LogP contribution in [0.3, 0.4) is 0 Å². The summed E-state index contributed by atoms with van der Waals surface area (Å²) in [6, 6.07) is 6.96. The third-order valence-corrected chi connectivity index (χ3v) is 3.93. The van der Waals surface area contributed by atoms with Gasteiger partial charge in [-0.2, -0.15) is 0 Å². The summed E-state index contributed by atoms with van der Waals surface area (Å²) in [6.45, 7) is 0.427. The fraction of sp³-hybridized carbons (Fsp3) is 0.154. The molecule has 19 heavy (non-hydrogen) atoms. The van der Waals surface area contributed by atoms with E-state index in [9.17, 15) is 4.79 Å². The number of carbonyl (C=O) groups excluding carboxylic acids is 1. The highest BCUT2D eigenvalue weighted by molar-refractivity contribution is 7.12. The van der Waals surface area contributed by atoms with Crippen molar-refractivity contribution in [1.82, 2.24) is 4.90 Å². The number of nitrogens with zero attached hydrogens (tertiary/aromatic N) is 1. The van der Waals surface area contributed by atoms with Crippen LogP contribution >= 0.6 is 34.5 Å². The van der Waals surface area contributed by atoms with E-state index >= 15 is 0 Å². The number of benzene rings is 1. The zero-order valence-electron chi connectivity index (χ0n) is 10.2. The lowest BCUT2D eigenvalue weighted by atomic mass is 10.2. The number of rotatable bonds is 3. The van der Waals surface area contributed by atoms with E-state index in [4.69, 9.17) is 28.9 Å². The Kier molecular flexibility index (Phi) is 4.34. The molecule has 0 aliphatic rings. The van der Waals surface area contributed by atoms with Crippen molar-refractivity contribution in [3.8, 4) is 0 Å². The minimum Gasteiger partial charge on any atom is -0.397 e. The van der Waals surface area contributed by atoms with Gasteiger partial charge in [0.25, 0.3) is 5.91 Å². The number of carbonyl (C=O) groups is 1. The summed E-state index contributed by atoms with van der Waals surface area (Å²) in [7, 11) is 1.72. The summed E-state index contributed by atoms with van der Waals surface area (Å²) in [5.41, 5.74) is 7.13. The predicted octanol–water partition coefficient (Wildman–Crippen LogP) is 3.91. The van der Waals surface area contributed by atoms with Gasteiger partial charge in [0.05, 0.1) is 5.69 Å². The van der Waals surface area contributed by atoms with Crippen molar-refractivity contribution in [2.24, 2.45) is 0 Å². The van der Waals surface area contributed by atoms with Crippen molar-refractivity contribution in [3.63, 3.8) is 0 Å². The van der Waals surface area contributed by atoms with Crippen LogP contribution in [0.15, 0.2) is 29.6 Å². The zero-order chi connectivity index (χ0) is 14.0. The fourth-order valence-corrected chi connectivity index (χ4v) is 3.10. The second-order valence-electron chi connectivity index (χ2n) is 4.14. The first kappa shape index (κ1) is 14.2. The van der Waals surface area contributed by atoms with Crippen molar-refractivity contribution in [1.29, 1.82) is 0 Å². The van der Waals surface area contributed by atoms with Crippen molar-refractivity contribution in [2.75, 3.05) is 12.8 Å². The average Bonchev–Trinajstić information content (AvgIpc) is 2.73. The molecule has 2 N–H and O–H groups in total. The molecule has 0 radical (unpaired) electrons. The Bertz CT molecular complexity index is 592. The topological polar surface area (TPSA) is 46.3 Å². The van der Waals surface area contributed by atoms with Crippen LogP contribution in [0.1, 0.15) is 15.2 Å². The standard InChI is InChI=1S/C13H12Cl2N2OS/c1-17(13(18)12-11(16)2-3-19-12)7-8-4-9(14)6-10(15)5-8/h2-6H,7,16H2,1H3. The molecule has 0 fully saturated rings. The molecule has 1 aromatic carbocycles. The van der Waals surface area contributed by atoms with E-state index in [0.717, 1.165) is 5.56 Å². The van der Waals surface area contributed by atoms with E-state index in [2.05, 4.69) is 0 Å². The highest BCUT2D eigenvalue weighted by Crippen LogP contribution is 2.23. The van der Waals surface area contributed by atoms with Gasteiger partial charge in [0, 0.05) is 23.6 Å². The minimum atomic E-state index is -0.108. The number of nitrogens with two attached hydrogens (primary N) is 1. The Morgan fingerprint density at radius 3 is 2.47 bits per heavy atom. The maximum Gasteiger partial charge on any atom is 0.266 e. The summed E-state index contributed by atoms with van der Waals surface area (Å²) in [4.78, 5) is 14.3. The smallest absolute Gasteiger partial charge is 0.266 e. The van der Waals surface area contributed by atoms with Gasteiger partial charge in [0.15, 0.2) is 0 Å². The molecule has 0 bridgehead atoms. The molecular weight excluding hydrogens is 303 g/mol. The van der Waals surface area contributed by atoms with Gasteiger partial charge < -0.3 is 10.6 Å². The molecular formula is C13H12Cl2N2OS. The lowest BCUT2D eigenvalue weighted by molar-refractivity contribution is 0.0791. The third kappa shape index (κ3) is 3.41. The average molecular weight is 315 g/mol. The van der Waals surface area contributed by atoms with Crippen LogP contribution in [-0.4, -0.2) is 17.9 Å². The fourth-order valence-electron chi connectivity index (χ4n) is 1.71. The molecule has 1 aromatic heterocycles. The summed E-state index contributed by atoms with van der Waals surface area (Å²) in [5.74, 6) is -0.108. The van der Waals surface area contributed by atoms with Crippen LogP contribution in [0.2, 0.25) is 10.0 Å². The van der Waals surface area contributed by atoms with Gasteiger partial charge in [-0.05, 0) is 35.2 Å². The summed E-state index contributed by atoms with van der Waals surface area (Å²) in [6.07, 6.45) is 0. The molecule has 6 heteroatoms. The van der Waals surface area contributed by atoms with Gasteiger partial charge in [-0.25, -0.2) is 0 Å². The molecule has 0 aliphatic carbocycles. The van der Waals surface area contributed by atoms with E-state index in [1.807, 2.05) is 0 Å². The van der Waals surface area contributed by atoms with Crippen molar-refractivity contribution in [2.45, 2.75) is 6.54 Å². The molecule has 0 aliphatic heterocycles. The molecule has 0 saturated heterocycles. The molecule has 0 unspecified atom stereocenters. The van der Waals surface area contributed by atoms with Crippen LogP contribution in [0.25, 0.3) is 0 Å². The lowest BCUT2D eigenvalue weighted by Crippen LogP contribution is -2.26. The number of thiophene rings is 1. The first-order chi connectivity index (χ1) is 8.97. The maximum absolute atomic E-state index is 12.2. The third-order valence-electron chi connectivity index (χ3n) is 2.58. The van der Waals surface area contributed by atoms with Gasteiger partial charge >= 0.3 is 0 Å². The maximum atomic E-state index is 12.2. The molecule has 0 spiro atoms. The first-order valence-corrected chi connectivity index (χ1v) is 7.14. The Labute approximate surface area is 125 Å². The summed E-state index contributed by atoms with van der Waals surface area (Å²) in [5, 5.41) is 2.91. The molecule has 1 heterocycles. The van der Waals surface area contributed by atoms with Crippen LogP contribution in [0.5, 0.6) is 0 Å². The van der Waals surface area contributed by atoms with Gasteiger partial charge in [0.2, 0.25) is 0 Å². The van der Waals surface area contributed by atoms with Gasteiger partial charge in [-0.1, -0.05) is 23.2 Å². The molecule has 0 saturated carbocycles. The lowest BCUT2D eigenvalue weighted by Gasteiger charge is -2.17. The molecule has 100 valence electrons. The molecule has 3 nitrogen and oxygen atoms in total. The predicted molar refractivity (Wildman–Crippen MR) is 81.0 cm³/mol. The number of amides is 1. The van der Waals surface area contributed by atoms with Gasteiger partial charge in [0.1, 0.15) is 4.88 Å². The largest absolute Gasteiger partial charge is 0.397 e. The first-order valence-electron chi connectivity index (χ1n) is 5.51. The Balaban J connectivity index is 2.15. The van der Waals surface area contributed by atoms with Gasteiger partial charge in [-0.15, -0.1) is 11.3 Å². The molecule has 0 atom stereocenters. The van der Waals surface area contributed by atoms with Crippen LogP contribution in [0.4, 0.5) is 5.69 Å². The molecule has 1 amide bonds. The second kappa shape index (κ2) is 5.82. The number of nitrogen functional groups attached to an aromatic ring is 1. The van der Waals surface area contributed by atoms with Crippen molar-refractivity contribution < 1.29 is 4.79 Å². The second-order valence-corrected chi connectivity index (χ2v) is 5.93. The Morgan fingerprint density at radius 1 is 1.32 bits per heavy atom. The minimum absolute atomic E-state index is 0.108. The summed E-state index contributed by atoms with van der Waals surface area (Å²) >= 11 is 13.2. The zero-order valence-corrected chi connectivity index (χ0v) is 12.5. The number of halogens is 2. The highest BCUT2D eigenvalue weighted by atomic mass is 35.5. The Hall–Kier alpha value is -1.23. The van der Waals surface area contributed by atoms with E-state index in [0.29, 0.717) is 27.2 Å².